The molecule has 1 aliphatic carbocycles. The van der Waals surface area contributed by atoms with Crippen molar-refractivity contribution in [3.05, 3.63) is 35.1 Å². The van der Waals surface area contributed by atoms with Crippen LogP contribution in [-0.2, 0) is 5.54 Å². The molecule has 0 atom stereocenters. The minimum absolute atomic E-state index is 0.181. The average molecular weight is 229 g/mol. The molecular formula is C15H19NO. The molecule has 1 aromatic heterocycles. The minimum atomic E-state index is -0.181. The van der Waals surface area contributed by atoms with E-state index in [4.69, 9.17) is 10.2 Å². The van der Waals surface area contributed by atoms with Crippen LogP contribution in [0.2, 0.25) is 0 Å². The zero-order valence-electron chi connectivity index (χ0n) is 10.7. The van der Waals surface area contributed by atoms with E-state index in [0.717, 1.165) is 24.2 Å². The van der Waals surface area contributed by atoms with Gasteiger partial charge in [-0.05, 0) is 42.9 Å². The largest absolute Gasteiger partial charge is 0.459 e. The first-order valence-electron chi connectivity index (χ1n) is 6.34. The van der Waals surface area contributed by atoms with E-state index in [2.05, 4.69) is 39.0 Å². The van der Waals surface area contributed by atoms with Gasteiger partial charge in [-0.25, -0.2) is 0 Å². The number of fused-ring (bicyclic) bond motifs is 1. The monoisotopic (exact) mass is 229 g/mol. The minimum Gasteiger partial charge on any atom is -0.459 e. The zero-order valence-corrected chi connectivity index (χ0v) is 10.7. The highest BCUT2D eigenvalue weighted by molar-refractivity contribution is 5.85. The molecule has 0 amide bonds. The summed E-state index contributed by atoms with van der Waals surface area (Å²) in [5.41, 5.74) is 9.61. The summed E-state index contributed by atoms with van der Waals surface area (Å²) in [5, 5.41) is 1.22. The second-order valence-electron chi connectivity index (χ2n) is 5.64. The van der Waals surface area contributed by atoms with E-state index in [-0.39, 0.29) is 5.54 Å². The van der Waals surface area contributed by atoms with E-state index in [1.165, 1.54) is 16.5 Å². The van der Waals surface area contributed by atoms with Gasteiger partial charge in [0.25, 0.3) is 0 Å². The maximum absolute atomic E-state index is 6.21. The maximum atomic E-state index is 6.21. The molecule has 2 N–H and O–H groups in total. The first-order valence-corrected chi connectivity index (χ1v) is 6.34. The number of nitrogens with two attached hydrogens (primary N) is 1. The van der Waals surface area contributed by atoms with E-state index in [1.54, 1.807) is 0 Å². The lowest BCUT2D eigenvalue weighted by atomic mass is 9.99. The molecule has 2 nitrogen and oxygen atoms in total. The summed E-state index contributed by atoms with van der Waals surface area (Å²) in [7, 11) is 0. The van der Waals surface area contributed by atoms with Gasteiger partial charge in [-0.3, -0.25) is 0 Å². The van der Waals surface area contributed by atoms with Crippen LogP contribution in [0.25, 0.3) is 11.0 Å². The summed E-state index contributed by atoms with van der Waals surface area (Å²) in [6.45, 7) is 6.52. The van der Waals surface area contributed by atoms with Crippen molar-refractivity contribution in [1.82, 2.24) is 0 Å². The Morgan fingerprint density at radius 2 is 2.00 bits per heavy atom. The van der Waals surface area contributed by atoms with E-state index < -0.39 is 0 Å². The van der Waals surface area contributed by atoms with Crippen molar-refractivity contribution in [3.63, 3.8) is 0 Å². The molecule has 1 heterocycles. The highest BCUT2D eigenvalue weighted by atomic mass is 16.3. The second kappa shape index (κ2) is 3.36. The standard InChI is InChI=1S/C15H19NO/c1-9(2)11-5-4-10(3)12-8-13(17-14(11)12)15(16)6-7-15/h4-5,8-9H,6-7,16H2,1-3H3. The van der Waals surface area contributed by atoms with Crippen molar-refractivity contribution in [2.45, 2.75) is 45.1 Å². The molecular weight excluding hydrogens is 210 g/mol. The second-order valence-corrected chi connectivity index (χ2v) is 5.64. The molecule has 0 spiro atoms. The maximum Gasteiger partial charge on any atom is 0.138 e. The van der Waals surface area contributed by atoms with Gasteiger partial charge >= 0.3 is 0 Å². The summed E-state index contributed by atoms with van der Waals surface area (Å²) in [5.74, 6) is 1.44. The molecule has 0 unspecified atom stereocenters. The number of rotatable bonds is 2. The Labute approximate surface area is 102 Å². The van der Waals surface area contributed by atoms with Crippen LogP contribution in [-0.4, -0.2) is 0 Å². The molecule has 17 heavy (non-hydrogen) atoms. The van der Waals surface area contributed by atoms with E-state index >= 15 is 0 Å². The first kappa shape index (κ1) is 10.8. The number of benzene rings is 1. The Bertz CT molecular complexity index is 576. The molecule has 1 fully saturated rings. The third kappa shape index (κ3) is 1.59. The van der Waals surface area contributed by atoms with Gasteiger partial charge < -0.3 is 10.2 Å². The van der Waals surface area contributed by atoms with Crippen LogP contribution in [0.1, 0.15) is 49.5 Å². The number of furan rings is 1. The average Bonchev–Trinajstić information content (AvgIpc) is 2.86. The van der Waals surface area contributed by atoms with Gasteiger partial charge in [-0.15, -0.1) is 0 Å². The summed E-state index contributed by atoms with van der Waals surface area (Å²) in [4.78, 5) is 0. The Morgan fingerprint density at radius 3 is 2.59 bits per heavy atom. The summed E-state index contributed by atoms with van der Waals surface area (Å²) >= 11 is 0. The van der Waals surface area contributed by atoms with Gasteiger partial charge in [-0.2, -0.15) is 0 Å². The molecule has 0 aliphatic heterocycles. The van der Waals surface area contributed by atoms with Crippen molar-refractivity contribution in [2.24, 2.45) is 5.73 Å². The van der Waals surface area contributed by atoms with Crippen LogP contribution < -0.4 is 5.73 Å². The molecule has 0 saturated heterocycles. The molecule has 2 aromatic rings. The first-order chi connectivity index (χ1) is 8.01. The zero-order chi connectivity index (χ0) is 12.2. The Morgan fingerprint density at radius 1 is 1.29 bits per heavy atom. The third-order valence-corrected chi connectivity index (χ3v) is 3.83. The predicted octanol–water partition coefficient (Wildman–Crippen LogP) is 3.81. The fraction of sp³-hybridized carbons (Fsp3) is 0.467. The quantitative estimate of drug-likeness (QED) is 0.850. The smallest absolute Gasteiger partial charge is 0.138 e. The van der Waals surface area contributed by atoms with Crippen LogP contribution >= 0.6 is 0 Å². The Kier molecular flexibility index (Phi) is 2.14. The fourth-order valence-corrected chi connectivity index (χ4v) is 2.36. The summed E-state index contributed by atoms with van der Waals surface area (Å²) in [6, 6.07) is 6.49. The summed E-state index contributed by atoms with van der Waals surface area (Å²) < 4.78 is 6.04. The topological polar surface area (TPSA) is 39.2 Å². The van der Waals surface area contributed by atoms with Crippen LogP contribution in [0.15, 0.2) is 22.6 Å². The highest BCUT2D eigenvalue weighted by Crippen LogP contribution is 2.45. The van der Waals surface area contributed by atoms with Gasteiger partial charge in [0.05, 0.1) is 5.54 Å². The van der Waals surface area contributed by atoms with Crippen molar-refractivity contribution < 1.29 is 4.42 Å². The van der Waals surface area contributed by atoms with Crippen molar-refractivity contribution in [1.29, 1.82) is 0 Å². The lowest BCUT2D eigenvalue weighted by Gasteiger charge is -2.07. The van der Waals surface area contributed by atoms with Crippen LogP contribution in [0.4, 0.5) is 0 Å². The van der Waals surface area contributed by atoms with E-state index in [1.807, 2.05) is 0 Å². The number of hydrogen-bond acceptors (Lipinski definition) is 2. The molecule has 0 radical (unpaired) electrons. The van der Waals surface area contributed by atoms with Crippen molar-refractivity contribution >= 4 is 11.0 Å². The molecule has 1 aromatic carbocycles. The summed E-state index contributed by atoms with van der Waals surface area (Å²) in [6.07, 6.45) is 2.09. The molecule has 3 rings (SSSR count). The molecule has 2 heteroatoms. The van der Waals surface area contributed by atoms with Gasteiger partial charge in [-0.1, -0.05) is 26.0 Å². The fourth-order valence-electron chi connectivity index (χ4n) is 2.36. The number of hydrogen-bond donors (Lipinski definition) is 1. The third-order valence-electron chi connectivity index (χ3n) is 3.83. The predicted molar refractivity (Wildman–Crippen MR) is 70.1 cm³/mol. The molecule has 1 aliphatic rings. The van der Waals surface area contributed by atoms with E-state index in [9.17, 15) is 0 Å². The SMILES string of the molecule is Cc1ccc(C(C)C)c2oc(C3(N)CC3)cc12. The lowest BCUT2D eigenvalue weighted by Crippen LogP contribution is -2.17. The molecule has 0 bridgehead atoms. The molecule has 1 saturated carbocycles. The Hall–Kier alpha value is -1.28. The van der Waals surface area contributed by atoms with E-state index in [0.29, 0.717) is 5.92 Å². The van der Waals surface area contributed by atoms with Crippen molar-refractivity contribution in [2.75, 3.05) is 0 Å². The normalized spacial score (nSPS) is 17.9. The van der Waals surface area contributed by atoms with Gasteiger partial charge in [0, 0.05) is 5.39 Å². The van der Waals surface area contributed by atoms with Crippen molar-refractivity contribution in [3.8, 4) is 0 Å². The lowest BCUT2D eigenvalue weighted by molar-refractivity contribution is 0.483. The van der Waals surface area contributed by atoms with Crippen LogP contribution in [0, 0.1) is 6.92 Å². The van der Waals surface area contributed by atoms with Gasteiger partial charge in [0.1, 0.15) is 11.3 Å². The molecule has 90 valence electrons. The highest BCUT2D eigenvalue weighted by Gasteiger charge is 2.43. The van der Waals surface area contributed by atoms with Crippen LogP contribution in [0.3, 0.4) is 0 Å². The number of aryl methyl sites for hydroxylation is 1. The van der Waals surface area contributed by atoms with Gasteiger partial charge in [0.15, 0.2) is 0 Å². The van der Waals surface area contributed by atoms with Gasteiger partial charge in [0.2, 0.25) is 0 Å². The van der Waals surface area contributed by atoms with Crippen LogP contribution in [0.5, 0.6) is 0 Å². The Balaban J connectivity index is 2.26.